The molecule has 124 valence electrons. The third-order valence-electron chi connectivity index (χ3n) is 2.28. The van der Waals surface area contributed by atoms with Crippen LogP contribution in [0, 0.1) is 5.92 Å². The lowest BCUT2D eigenvalue weighted by atomic mass is 10.00. The Labute approximate surface area is 122 Å². The molecule has 0 aliphatic rings. The lowest BCUT2D eigenvalue weighted by Gasteiger charge is -2.06. The number of unbranched alkanes of at least 4 members (excludes halogenated alkanes) is 1. The van der Waals surface area contributed by atoms with E-state index < -0.39 is 18.2 Å². The van der Waals surface area contributed by atoms with Gasteiger partial charge in [0.1, 0.15) is 0 Å². The van der Waals surface area contributed by atoms with Crippen molar-refractivity contribution in [2.45, 2.75) is 65.6 Å². The lowest BCUT2D eigenvalue weighted by molar-refractivity contribution is -0.142. The van der Waals surface area contributed by atoms with Crippen molar-refractivity contribution in [1.29, 1.82) is 0 Å². The molecule has 0 rings (SSSR count). The fourth-order valence-electron chi connectivity index (χ4n) is 0.953. The van der Waals surface area contributed by atoms with E-state index >= 15 is 0 Å². The van der Waals surface area contributed by atoms with E-state index in [9.17, 15) is 4.79 Å². The summed E-state index contributed by atoms with van der Waals surface area (Å²) in [5, 5.41) is 40.6. The van der Waals surface area contributed by atoms with Gasteiger partial charge in [-0.3, -0.25) is 4.79 Å². The zero-order chi connectivity index (χ0) is 16.6. The van der Waals surface area contributed by atoms with E-state index in [2.05, 4.69) is 6.92 Å². The van der Waals surface area contributed by atoms with E-state index in [1.807, 2.05) is 6.92 Å². The summed E-state index contributed by atoms with van der Waals surface area (Å²) >= 11 is 0. The van der Waals surface area contributed by atoms with Crippen LogP contribution in [0.4, 0.5) is 0 Å². The van der Waals surface area contributed by atoms with Gasteiger partial charge < -0.3 is 25.5 Å². The van der Waals surface area contributed by atoms with Crippen molar-refractivity contribution >= 4 is 5.97 Å². The molecule has 6 heteroatoms. The number of carbonyl (C=O) groups is 1. The van der Waals surface area contributed by atoms with Crippen LogP contribution in [0.25, 0.3) is 0 Å². The van der Waals surface area contributed by atoms with Crippen molar-refractivity contribution in [3.05, 3.63) is 0 Å². The summed E-state index contributed by atoms with van der Waals surface area (Å²) in [6, 6.07) is 0. The first kappa shape index (κ1) is 24.3. The molecular formula is C14H32O6. The molecule has 5 N–H and O–H groups in total. The predicted molar refractivity (Wildman–Crippen MR) is 78.5 cm³/mol. The molecule has 0 aromatic rings. The molecular weight excluding hydrogens is 264 g/mol. The summed E-state index contributed by atoms with van der Waals surface area (Å²) in [5.74, 6) is -0.754. The van der Waals surface area contributed by atoms with Crippen LogP contribution in [0.15, 0.2) is 0 Å². The molecule has 0 amide bonds. The van der Waals surface area contributed by atoms with Crippen molar-refractivity contribution in [1.82, 2.24) is 0 Å². The highest BCUT2D eigenvalue weighted by Crippen LogP contribution is 2.11. The van der Waals surface area contributed by atoms with Gasteiger partial charge in [-0.1, -0.05) is 26.7 Å². The van der Waals surface area contributed by atoms with Gasteiger partial charge >= 0.3 is 5.97 Å². The van der Waals surface area contributed by atoms with Gasteiger partial charge in [-0.15, -0.1) is 0 Å². The van der Waals surface area contributed by atoms with Crippen molar-refractivity contribution in [3.63, 3.8) is 0 Å². The molecule has 3 unspecified atom stereocenters. The van der Waals surface area contributed by atoms with Crippen LogP contribution in [-0.2, 0) is 4.79 Å². The largest absolute Gasteiger partial charge is 0.481 e. The predicted octanol–water partition coefficient (Wildman–Crippen LogP) is 1.01. The SMILES string of the molecule is CC(O)CO.CC(O)CO.CCCCC(CC)C(=O)O. The molecule has 0 saturated carbocycles. The highest BCUT2D eigenvalue weighted by atomic mass is 16.4. The second-order valence-electron chi connectivity index (χ2n) is 4.65. The Kier molecular flexibility index (Phi) is 22.3. The quantitative estimate of drug-likeness (QED) is 0.478. The Morgan fingerprint density at radius 2 is 1.35 bits per heavy atom. The molecule has 0 aromatic carbocycles. The van der Waals surface area contributed by atoms with Crippen LogP contribution in [0.2, 0.25) is 0 Å². The minimum absolute atomic E-state index is 0.111. The first-order valence-corrected chi connectivity index (χ1v) is 7.07. The summed E-state index contributed by atoms with van der Waals surface area (Å²) in [6.45, 7) is 6.78. The average Bonchev–Trinajstić information content (AvgIpc) is 2.40. The molecule has 0 fully saturated rings. The minimum atomic E-state index is -0.643. The van der Waals surface area contributed by atoms with Crippen LogP contribution in [0.3, 0.4) is 0 Å². The maximum absolute atomic E-state index is 10.4. The van der Waals surface area contributed by atoms with Crippen molar-refractivity contribution < 1.29 is 30.3 Å². The summed E-state index contributed by atoms with van der Waals surface area (Å²) < 4.78 is 0. The van der Waals surface area contributed by atoms with E-state index in [-0.39, 0.29) is 19.1 Å². The van der Waals surface area contributed by atoms with Crippen LogP contribution in [0.1, 0.15) is 53.4 Å². The zero-order valence-corrected chi connectivity index (χ0v) is 13.1. The van der Waals surface area contributed by atoms with E-state index in [1.165, 1.54) is 13.8 Å². The number of carboxylic acid groups (broad SMARTS) is 1. The van der Waals surface area contributed by atoms with Gasteiger partial charge in [0.25, 0.3) is 0 Å². The Morgan fingerprint density at radius 1 is 1.00 bits per heavy atom. The van der Waals surface area contributed by atoms with E-state index in [0.717, 1.165) is 25.7 Å². The number of aliphatic carboxylic acids is 1. The molecule has 0 saturated heterocycles. The highest BCUT2D eigenvalue weighted by Gasteiger charge is 2.12. The van der Waals surface area contributed by atoms with Crippen molar-refractivity contribution in [2.24, 2.45) is 5.92 Å². The molecule has 3 atom stereocenters. The van der Waals surface area contributed by atoms with E-state index in [4.69, 9.17) is 25.5 Å². The van der Waals surface area contributed by atoms with Crippen molar-refractivity contribution in [3.8, 4) is 0 Å². The summed E-state index contributed by atoms with van der Waals surface area (Å²) in [5.41, 5.74) is 0. The second kappa shape index (κ2) is 18.3. The summed E-state index contributed by atoms with van der Waals surface area (Å²) in [4.78, 5) is 10.4. The summed E-state index contributed by atoms with van der Waals surface area (Å²) in [6.07, 6.45) is 2.59. The summed E-state index contributed by atoms with van der Waals surface area (Å²) in [7, 11) is 0. The molecule has 0 spiro atoms. The van der Waals surface area contributed by atoms with Crippen LogP contribution in [0.5, 0.6) is 0 Å². The van der Waals surface area contributed by atoms with Crippen LogP contribution in [-0.4, -0.2) is 56.9 Å². The standard InChI is InChI=1S/C8H16O2.2C3H8O2/c1-3-5-6-7(4-2)8(9)10;2*1-3(5)2-4/h7H,3-6H2,1-2H3,(H,9,10);2*3-5H,2H2,1H3. The molecule has 0 aliphatic heterocycles. The maximum atomic E-state index is 10.4. The molecule has 0 bridgehead atoms. The molecule has 0 radical (unpaired) electrons. The fourth-order valence-corrected chi connectivity index (χ4v) is 0.953. The lowest BCUT2D eigenvalue weighted by Crippen LogP contribution is -2.11. The van der Waals surface area contributed by atoms with E-state index in [1.54, 1.807) is 0 Å². The number of rotatable bonds is 7. The number of aliphatic hydroxyl groups excluding tert-OH is 4. The third kappa shape index (κ3) is 26.0. The first-order valence-electron chi connectivity index (χ1n) is 7.07. The smallest absolute Gasteiger partial charge is 0.306 e. The van der Waals surface area contributed by atoms with Crippen LogP contribution < -0.4 is 0 Å². The van der Waals surface area contributed by atoms with Crippen LogP contribution >= 0.6 is 0 Å². The Morgan fingerprint density at radius 3 is 1.50 bits per heavy atom. The number of hydrogen-bond acceptors (Lipinski definition) is 5. The molecule has 0 aliphatic carbocycles. The fraction of sp³-hybridized carbons (Fsp3) is 0.929. The van der Waals surface area contributed by atoms with Crippen molar-refractivity contribution in [2.75, 3.05) is 13.2 Å². The zero-order valence-electron chi connectivity index (χ0n) is 13.1. The normalized spacial score (nSPS) is 14.0. The molecule has 0 aromatic heterocycles. The topological polar surface area (TPSA) is 118 Å². The monoisotopic (exact) mass is 296 g/mol. The van der Waals surface area contributed by atoms with Gasteiger partial charge in [0.05, 0.1) is 31.3 Å². The van der Waals surface area contributed by atoms with Gasteiger partial charge in [-0.25, -0.2) is 0 Å². The molecule has 0 heterocycles. The van der Waals surface area contributed by atoms with Gasteiger partial charge in [0, 0.05) is 0 Å². The first-order chi connectivity index (χ1) is 9.26. The van der Waals surface area contributed by atoms with Gasteiger partial charge in [0.15, 0.2) is 0 Å². The second-order valence-corrected chi connectivity index (χ2v) is 4.65. The number of hydrogen-bond donors (Lipinski definition) is 5. The Balaban J connectivity index is -0.000000244. The third-order valence-corrected chi connectivity index (χ3v) is 2.28. The Hall–Kier alpha value is -0.690. The maximum Gasteiger partial charge on any atom is 0.306 e. The minimum Gasteiger partial charge on any atom is -0.481 e. The molecule has 6 nitrogen and oxygen atoms in total. The van der Waals surface area contributed by atoms with Gasteiger partial charge in [-0.05, 0) is 26.7 Å². The highest BCUT2D eigenvalue weighted by molar-refractivity contribution is 5.69. The number of aliphatic hydroxyl groups is 4. The van der Waals surface area contributed by atoms with Gasteiger partial charge in [-0.2, -0.15) is 0 Å². The van der Waals surface area contributed by atoms with E-state index in [0.29, 0.717) is 0 Å². The average molecular weight is 296 g/mol. The Bertz CT molecular complexity index is 186. The molecule has 20 heavy (non-hydrogen) atoms. The van der Waals surface area contributed by atoms with Gasteiger partial charge in [0.2, 0.25) is 0 Å². The number of carboxylic acids is 1.